The average molecular weight is 635 g/mol. The fraction of sp³-hybridized carbons (Fsp3) is 0.0667. The van der Waals surface area contributed by atoms with Gasteiger partial charge in [0.15, 0.2) is 0 Å². The summed E-state index contributed by atoms with van der Waals surface area (Å²) in [7, 11) is -1.41. The summed E-state index contributed by atoms with van der Waals surface area (Å²) in [6.07, 6.45) is 0. The Morgan fingerprint density at radius 3 is 1.21 bits per heavy atom. The molecule has 2 nitrogen and oxygen atoms in total. The summed E-state index contributed by atoms with van der Waals surface area (Å²) >= 11 is 0. The van der Waals surface area contributed by atoms with E-state index in [2.05, 4.69) is 205 Å². The Morgan fingerprint density at radius 2 is 0.750 bits per heavy atom. The molecule has 7 aromatic carbocycles. The van der Waals surface area contributed by atoms with Gasteiger partial charge in [-0.1, -0.05) is 140 Å². The van der Waals surface area contributed by atoms with E-state index in [9.17, 15) is 0 Å². The molecule has 0 aliphatic heterocycles. The lowest BCUT2D eigenvalue weighted by atomic mass is 10.0. The normalized spacial score (nSPS) is 11.6. The van der Waals surface area contributed by atoms with Crippen molar-refractivity contribution in [3.63, 3.8) is 0 Å². The predicted molar refractivity (Wildman–Crippen MR) is 209 cm³/mol. The SMILES string of the molecule is C[Si](C)(C)c1ccc(N(c2ccc(-c3ccccc3)cc2)c2ccc(-c3ccc(-n4c5ccccc5c5ccccc54)cc3)cc2)cc1. The Hall–Kier alpha value is -5.64. The molecule has 0 aliphatic rings. The Bertz CT molecular complexity index is 2280. The van der Waals surface area contributed by atoms with Crippen LogP contribution in [0.2, 0.25) is 19.6 Å². The van der Waals surface area contributed by atoms with Gasteiger partial charge >= 0.3 is 0 Å². The Labute approximate surface area is 284 Å². The minimum absolute atomic E-state index is 1.13. The highest BCUT2D eigenvalue weighted by molar-refractivity contribution is 6.88. The van der Waals surface area contributed by atoms with E-state index < -0.39 is 8.07 Å². The van der Waals surface area contributed by atoms with Gasteiger partial charge in [-0.25, -0.2) is 0 Å². The van der Waals surface area contributed by atoms with E-state index in [1.165, 1.54) is 54.9 Å². The summed E-state index contributed by atoms with van der Waals surface area (Å²) in [6, 6.07) is 63.9. The highest BCUT2D eigenvalue weighted by Crippen LogP contribution is 2.37. The van der Waals surface area contributed by atoms with Crippen LogP contribution >= 0.6 is 0 Å². The number of benzene rings is 7. The van der Waals surface area contributed by atoms with Gasteiger partial charge in [-0.3, -0.25) is 0 Å². The second kappa shape index (κ2) is 12.2. The van der Waals surface area contributed by atoms with E-state index in [4.69, 9.17) is 0 Å². The van der Waals surface area contributed by atoms with Crippen LogP contribution in [0.4, 0.5) is 17.1 Å². The molecule has 232 valence electrons. The van der Waals surface area contributed by atoms with E-state index in [1.54, 1.807) is 0 Å². The topological polar surface area (TPSA) is 8.17 Å². The van der Waals surface area contributed by atoms with Gasteiger partial charge in [0.1, 0.15) is 0 Å². The molecule has 0 aliphatic carbocycles. The summed E-state index contributed by atoms with van der Waals surface area (Å²) in [4.78, 5) is 2.36. The van der Waals surface area contributed by atoms with Gasteiger partial charge in [-0.2, -0.15) is 0 Å². The van der Waals surface area contributed by atoms with Crippen molar-refractivity contribution in [2.75, 3.05) is 4.90 Å². The molecule has 48 heavy (non-hydrogen) atoms. The molecule has 0 saturated heterocycles. The quantitative estimate of drug-likeness (QED) is 0.158. The molecule has 0 bridgehead atoms. The number of para-hydroxylation sites is 2. The Balaban J connectivity index is 1.13. The van der Waals surface area contributed by atoms with Crippen molar-refractivity contribution in [1.82, 2.24) is 4.57 Å². The van der Waals surface area contributed by atoms with Gasteiger partial charge in [0.25, 0.3) is 0 Å². The Morgan fingerprint density at radius 1 is 0.375 bits per heavy atom. The van der Waals surface area contributed by atoms with Crippen molar-refractivity contribution in [1.29, 1.82) is 0 Å². The van der Waals surface area contributed by atoms with E-state index in [-0.39, 0.29) is 0 Å². The van der Waals surface area contributed by atoms with Gasteiger partial charge in [0.2, 0.25) is 0 Å². The molecule has 1 heterocycles. The highest BCUT2D eigenvalue weighted by Gasteiger charge is 2.18. The third-order valence-corrected chi connectivity index (χ3v) is 11.5. The molecule has 0 atom stereocenters. The maximum Gasteiger partial charge on any atom is 0.0775 e. The van der Waals surface area contributed by atoms with Crippen molar-refractivity contribution in [3.8, 4) is 27.9 Å². The fourth-order valence-corrected chi connectivity index (χ4v) is 7.96. The summed E-state index contributed by atoms with van der Waals surface area (Å²) in [5.74, 6) is 0. The van der Waals surface area contributed by atoms with Crippen molar-refractivity contribution in [2.24, 2.45) is 0 Å². The van der Waals surface area contributed by atoms with Crippen LogP contribution in [-0.4, -0.2) is 12.6 Å². The second-order valence-electron chi connectivity index (χ2n) is 13.5. The monoisotopic (exact) mass is 634 g/mol. The number of hydrogen-bond acceptors (Lipinski definition) is 1. The molecule has 0 radical (unpaired) electrons. The zero-order chi connectivity index (χ0) is 32.7. The molecule has 0 fully saturated rings. The first-order valence-corrected chi connectivity index (χ1v) is 20.2. The number of nitrogens with zero attached hydrogens (tertiary/aromatic N) is 2. The minimum Gasteiger partial charge on any atom is -0.311 e. The summed E-state index contributed by atoms with van der Waals surface area (Å²) in [5.41, 5.74) is 11.9. The van der Waals surface area contributed by atoms with Crippen LogP contribution in [-0.2, 0) is 0 Å². The van der Waals surface area contributed by atoms with Gasteiger partial charge in [-0.05, 0) is 82.9 Å². The molecule has 0 unspecified atom stereocenters. The molecular formula is C45H38N2Si. The van der Waals surface area contributed by atoms with Crippen LogP contribution < -0.4 is 10.1 Å². The molecule has 0 spiro atoms. The lowest BCUT2D eigenvalue weighted by molar-refractivity contribution is 1.18. The van der Waals surface area contributed by atoms with Crippen LogP contribution in [0.25, 0.3) is 49.7 Å². The number of aromatic nitrogens is 1. The van der Waals surface area contributed by atoms with Crippen molar-refractivity contribution < 1.29 is 0 Å². The molecule has 0 N–H and O–H groups in total. The van der Waals surface area contributed by atoms with Crippen LogP contribution in [0.3, 0.4) is 0 Å². The standard InChI is InChI=1S/C45H38N2Si/c1-48(2,3)41-31-29-39(30-32-41)46(37-23-17-34(18-24-37)33-11-5-4-6-12-33)38-25-19-35(20-26-38)36-21-27-40(28-22-36)47-44-15-9-7-13-42(44)43-14-8-10-16-45(43)47/h4-32H,1-3H3. The predicted octanol–water partition coefficient (Wildman–Crippen LogP) is 12.1. The summed E-state index contributed by atoms with van der Waals surface area (Å²) in [6.45, 7) is 7.20. The molecule has 1 aromatic heterocycles. The van der Waals surface area contributed by atoms with Crippen LogP contribution in [0.1, 0.15) is 0 Å². The number of anilines is 3. The number of fused-ring (bicyclic) bond motifs is 3. The maximum absolute atomic E-state index is 2.40. The third-order valence-electron chi connectivity index (χ3n) is 9.39. The van der Waals surface area contributed by atoms with Gasteiger partial charge < -0.3 is 9.47 Å². The van der Waals surface area contributed by atoms with E-state index >= 15 is 0 Å². The van der Waals surface area contributed by atoms with E-state index in [1.807, 2.05) is 0 Å². The van der Waals surface area contributed by atoms with Crippen molar-refractivity contribution in [2.45, 2.75) is 19.6 Å². The lowest BCUT2D eigenvalue weighted by Gasteiger charge is -2.27. The fourth-order valence-electron chi connectivity index (χ4n) is 6.80. The number of hydrogen-bond donors (Lipinski definition) is 0. The maximum atomic E-state index is 2.40. The molecular weight excluding hydrogens is 597 g/mol. The van der Waals surface area contributed by atoms with E-state index in [0.717, 1.165) is 17.1 Å². The zero-order valence-corrected chi connectivity index (χ0v) is 28.6. The highest BCUT2D eigenvalue weighted by atomic mass is 28.3. The smallest absolute Gasteiger partial charge is 0.0775 e. The van der Waals surface area contributed by atoms with Gasteiger partial charge in [0, 0.05) is 33.5 Å². The minimum atomic E-state index is -1.41. The summed E-state index contributed by atoms with van der Waals surface area (Å²) < 4.78 is 2.37. The number of rotatable bonds is 7. The lowest BCUT2D eigenvalue weighted by Crippen LogP contribution is -2.37. The van der Waals surface area contributed by atoms with Crippen LogP contribution in [0.5, 0.6) is 0 Å². The average Bonchev–Trinajstić information content (AvgIpc) is 3.47. The third kappa shape index (κ3) is 5.53. The second-order valence-corrected chi connectivity index (χ2v) is 18.6. The molecule has 3 heteroatoms. The first kappa shape index (κ1) is 29.7. The summed E-state index contributed by atoms with van der Waals surface area (Å²) in [5, 5.41) is 4.02. The molecule has 0 amide bonds. The first-order chi connectivity index (χ1) is 23.4. The van der Waals surface area contributed by atoms with E-state index in [0.29, 0.717) is 0 Å². The molecule has 8 aromatic rings. The van der Waals surface area contributed by atoms with Crippen LogP contribution in [0.15, 0.2) is 176 Å². The van der Waals surface area contributed by atoms with Crippen molar-refractivity contribution >= 4 is 52.1 Å². The van der Waals surface area contributed by atoms with Gasteiger partial charge in [-0.15, -0.1) is 0 Å². The van der Waals surface area contributed by atoms with Crippen LogP contribution in [0, 0.1) is 0 Å². The zero-order valence-electron chi connectivity index (χ0n) is 27.6. The molecule has 8 rings (SSSR count). The molecule has 0 saturated carbocycles. The van der Waals surface area contributed by atoms with Gasteiger partial charge in [0.05, 0.1) is 19.1 Å². The first-order valence-electron chi connectivity index (χ1n) is 16.7. The Kier molecular flexibility index (Phi) is 7.55. The largest absolute Gasteiger partial charge is 0.311 e. The van der Waals surface area contributed by atoms with Crippen molar-refractivity contribution in [3.05, 3.63) is 176 Å².